The van der Waals surface area contributed by atoms with Gasteiger partial charge in [0.2, 0.25) is 0 Å². The van der Waals surface area contributed by atoms with Gasteiger partial charge in [-0.2, -0.15) is 0 Å². The Kier molecular flexibility index (Phi) is 5.44. The normalized spacial score (nSPS) is 10.3. The van der Waals surface area contributed by atoms with Crippen LogP contribution in [0.25, 0.3) is 0 Å². The summed E-state index contributed by atoms with van der Waals surface area (Å²) in [6.07, 6.45) is 1.02. The predicted molar refractivity (Wildman–Crippen MR) is 81.4 cm³/mol. The fraction of sp³-hybridized carbons (Fsp3) is 0.294. The van der Waals surface area contributed by atoms with Gasteiger partial charge in [-0.25, -0.2) is 0 Å². The summed E-state index contributed by atoms with van der Waals surface area (Å²) in [4.78, 5) is 0. The van der Waals surface area contributed by atoms with Gasteiger partial charge in [0.25, 0.3) is 0 Å². The van der Waals surface area contributed by atoms with Crippen LogP contribution in [0, 0.1) is 0 Å². The van der Waals surface area contributed by atoms with Crippen LogP contribution in [0.2, 0.25) is 0 Å². The third-order valence-corrected chi connectivity index (χ3v) is 3.24. The minimum atomic E-state index is 0.771. The molecule has 0 aliphatic carbocycles. The van der Waals surface area contributed by atoms with Crippen molar-refractivity contribution in [1.82, 2.24) is 5.32 Å². The smallest absolute Gasteiger partial charge is 0.123 e. The average molecular weight is 271 g/mol. The van der Waals surface area contributed by atoms with E-state index in [1.165, 1.54) is 5.56 Å². The molecule has 0 saturated carbocycles. The van der Waals surface area contributed by atoms with Gasteiger partial charge in [0.15, 0.2) is 0 Å². The van der Waals surface area contributed by atoms with Gasteiger partial charge in [0, 0.05) is 12.1 Å². The highest BCUT2D eigenvalue weighted by Crippen LogP contribution is 2.23. The molecule has 1 N–H and O–H groups in total. The van der Waals surface area contributed by atoms with Crippen LogP contribution in [-0.4, -0.2) is 20.8 Å². The molecule has 106 valence electrons. The van der Waals surface area contributed by atoms with E-state index in [-0.39, 0.29) is 0 Å². The molecule has 0 fully saturated rings. The first-order valence-corrected chi connectivity index (χ1v) is 6.79. The Hall–Kier alpha value is -2.00. The highest BCUT2D eigenvalue weighted by Gasteiger charge is 2.04. The Morgan fingerprint density at radius 3 is 2.45 bits per heavy atom. The second-order valence-electron chi connectivity index (χ2n) is 4.59. The second kappa shape index (κ2) is 7.56. The lowest BCUT2D eigenvalue weighted by Crippen LogP contribution is -2.17. The van der Waals surface area contributed by atoms with Crippen molar-refractivity contribution < 1.29 is 9.47 Å². The first-order valence-electron chi connectivity index (χ1n) is 6.79. The van der Waals surface area contributed by atoms with E-state index in [1.54, 1.807) is 14.2 Å². The summed E-state index contributed by atoms with van der Waals surface area (Å²) in [5.41, 5.74) is 2.46. The van der Waals surface area contributed by atoms with Gasteiger partial charge in [-0.15, -0.1) is 0 Å². The first kappa shape index (κ1) is 14.4. The van der Waals surface area contributed by atoms with Gasteiger partial charge in [0.1, 0.15) is 11.5 Å². The number of ether oxygens (including phenoxy) is 2. The Morgan fingerprint density at radius 1 is 0.950 bits per heavy atom. The highest BCUT2D eigenvalue weighted by molar-refractivity contribution is 5.40. The fourth-order valence-corrected chi connectivity index (χ4v) is 2.12. The quantitative estimate of drug-likeness (QED) is 0.785. The number of rotatable bonds is 7. The Bertz CT molecular complexity index is 526. The van der Waals surface area contributed by atoms with Crippen LogP contribution < -0.4 is 14.8 Å². The summed E-state index contributed by atoms with van der Waals surface area (Å²) in [6, 6.07) is 16.3. The molecule has 2 aromatic carbocycles. The van der Waals surface area contributed by atoms with E-state index in [1.807, 2.05) is 24.3 Å². The molecule has 0 aliphatic rings. The molecule has 0 spiro atoms. The number of nitrogens with one attached hydrogen (secondary N) is 1. The Labute approximate surface area is 120 Å². The molecule has 0 aromatic heterocycles. The van der Waals surface area contributed by atoms with Crippen molar-refractivity contribution in [2.45, 2.75) is 13.0 Å². The van der Waals surface area contributed by atoms with Crippen molar-refractivity contribution in [3.63, 3.8) is 0 Å². The zero-order chi connectivity index (χ0) is 14.2. The van der Waals surface area contributed by atoms with Crippen LogP contribution in [0.3, 0.4) is 0 Å². The minimum Gasteiger partial charge on any atom is -0.497 e. The second-order valence-corrected chi connectivity index (χ2v) is 4.59. The molecule has 0 bridgehead atoms. The van der Waals surface area contributed by atoms with Crippen molar-refractivity contribution in [3.05, 3.63) is 59.7 Å². The van der Waals surface area contributed by atoms with Crippen molar-refractivity contribution >= 4 is 0 Å². The van der Waals surface area contributed by atoms with Crippen molar-refractivity contribution in [2.24, 2.45) is 0 Å². The van der Waals surface area contributed by atoms with Gasteiger partial charge in [-0.1, -0.05) is 30.3 Å². The summed E-state index contributed by atoms with van der Waals surface area (Å²) < 4.78 is 10.6. The van der Waals surface area contributed by atoms with Crippen LogP contribution in [0.4, 0.5) is 0 Å². The number of hydrogen-bond acceptors (Lipinski definition) is 3. The van der Waals surface area contributed by atoms with Crippen LogP contribution in [0.1, 0.15) is 11.1 Å². The number of methoxy groups -OCH3 is 2. The molecule has 0 radical (unpaired) electrons. The molecule has 0 heterocycles. The minimum absolute atomic E-state index is 0.771. The maximum Gasteiger partial charge on any atom is 0.123 e. The summed E-state index contributed by atoms with van der Waals surface area (Å²) in [5.74, 6) is 1.74. The molecular weight excluding hydrogens is 250 g/mol. The Balaban J connectivity index is 1.87. The lowest BCUT2D eigenvalue weighted by Gasteiger charge is -2.11. The third kappa shape index (κ3) is 4.00. The zero-order valence-corrected chi connectivity index (χ0v) is 12.1. The largest absolute Gasteiger partial charge is 0.497 e. The molecule has 3 nitrogen and oxygen atoms in total. The van der Waals surface area contributed by atoms with Crippen LogP contribution >= 0.6 is 0 Å². The molecule has 0 atom stereocenters. The molecular formula is C17H21NO2. The molecule has 20 heavy (non-hydrogen) atoms. The van der Waals surface area contributed by atoms with Gasteiger partial charge < -0.3 is 14.8 Å². The Morgan fingerprint density at radius 2 is 1.75 bits per heavy atom. The highest BCUT2D eigenvalue weighted by atomic mass is 16.5. The van der Waals surface area contributed by atoms with Crippen LogP contribution in [0.15, 0.2) is 48.5 Å². The van der Waals surface area contributed by atoms with E-state index in [9.17, 15) is 0 Å². The van der Waals surface area contributed by atoms with Gasteiger partial charge in [-0.05, 0) is 36.7 Å². The molecule has 0 unspecified atom stereocenters. The predicted octanol–water partition coefficient (Wildman–Crippen LogP) is 3.04. The van der Waals surface area contributed by atoms with Gasteiger partial charge in [0.05, 0.1) is 14.2 Å². The molecule has 2 rings (SSSR count). The van der Waals surface area contributed by atoms with E-state index < -0.39 is 0 Å². The van der Waals surface area contributed by atoms with Crippen LogP contribution in [0.5, 0.6) is 11.5 Å². The van der Waals surface area contributed by atoms with E-state index in [4.69, 9.17) is 9.47 Å². The lowest BCUT2D eigenvalue weighted by atomic mass is 10.1. The van der Waals surface area contributed by atoms with Crippen molar-refractivity contribution in [3.8, 4) is 11.5 Å². The number of benzene rings is 2. The molecule has 0 saturated heterocycles. The topological polar surface area (TPSA) is 30.5 Å². The first-order chi connectivity index (χ1) is 9.83. The fourth-order valence-electron chi connectivity index (χ4n) is 2.12. The monoisotopic (exact) mass is 271 g/mol. The summed E-state index contributed by atoms with van der Waals surface area (Å²) in [5, 5.41) is 3.44. The summed E-state index contributed by atoms with van der Waals surface area (Å²) in [7, 11) is 3.36. The zero-order valence-electron chi connectivity index (χ0n) is 12.1. The molecule has 0 aliphatic heterocycles. The van der Waals surface area contributed by atoms with E-state index >= 15 is 0 Å². The summed E-state index contributed by atoms with van der Waals surface area (Å²) in [6.45, 7) is 1.71. The van der Waals surface area contributed by atoms with Crippen molar-refractivity contribution in [2.75, 3.05) is 20.8 Å². The SMILES string of the molecule is COc1ccc(OC)c(CNCCc2ccccc2)c1. The van der Waals surface area contributed by atoms with Gasteiger partial charge >= 0.3 is 0 Å². The van der Waals surface area contributed by atoms with Crippen molar-refractivity contribution in [1.29, 1.82) is 0 Å². The van der Waals surface area contributed by atoms with E-state index in [2.05, 4.69) is 29.6 Å². The molecule has 3 heteroatoms. The maximum atomic E-state index is 5.36. The van der Waals surface area contributed by atoms with E-state index in [0.29, 0.717) is 0 Å². The molecule has 0 amide bonds. The lowest BCUT2D eigenvalue weighted by molar-refractivity contribution is 0.397. The molecule has 2 aromatic rings. The maximum absolute atomic E-state index is 5.36. The standard InChI is InChI=1S/C17H21NO2/c1-19-16-8-9-17(20-2)15(12-16)13-18-11-10-14-6-4-3-5-7-14/h3-9,12,18H,10-11,13H2,1-2H3. The van der Waals surface area contributed by atoms with E-state index in [0.717, 1.165) is 36.6 Å². The third-order valence-electron chi connectivity index (χ3n) is 3.24. The van der Waals surface area contributed by atoms with Crippen LogP contribution in [-0.2, 0) is 13.0 Å². The number of hydrogen-bond donors (Lipinski definition) is 1. The van der Waals surface area contributed by atoms with Gasteiger partial charge in [-0.3, -0.25) is 0 Å². The average Bonchev–Trinajstić information content (AvgIpc) is 2.52. The summed E-state index contributed by atoms with van der Waals surface area (Å²) >= 11 is 0.